The normalized spacial score (nSPS) is 12.8. The Bertz CT molecular complexity index is 2720. The van der Waals surface area contributed by atoms with Gasteiger partial charge in [-0.25, -0.2) is 25.6 Å². The third-order valence-electron chi connectivity index (χ3n) is 9.33. The molecule has 0 amide bonds. The van der Waals surface area contributed by atoms with Gasteiger partial charge in [-0.2, -0.15) is 8.78 Å². The SMILES string of the molecule is CCS(=O)(=O)c1ccc(C(F)(F)c2cc(CC(=O)OC(=O)Cc3cc(C(OC)c4ccc(S(C)(=O)=O)cc4)c4cc(F)ccc4c3)cc3ccc(F)cc23)cc1. The molecule has 8 nitrogen and oxygen atoms in total. The van der Waals surface area contributed by atoms with Crippen molar-refractivity contribution in [1.29, 1.82) is 0 Å². The van der Waals surface area contributed by atoms with Gasteiger partial charge in [-0.1, -0.05) is 61.5 Å². The van der Waals surface area contributed by atoms with Crippen LogP contribution in [0.3, 0.4) is 0 Å². The lowest BCUT2D eigenvalue weighted by atomic mass is 9.92. The number of carbonyl (C=O) groups excluding carboxylic acids is 2. The van der Waals surface area contributed by atoms with Crippen LogP contribution in [0.2, 0.25) is 0 Å². The number of ether oxygens (including phenoxy) is 2. The molecule has 290 valence electrons. The topological polar surface area (TPSA) is 121 Å². The van der Waals surface area contributed by atoms with Crippen molar-refractivity contribution >= 4 is 53.2 Å². The first kappa shape index (κ1) is 40.2. The molecule has 0 aliphatic carbocycles. The highest BCUT2D eigenvalue weighted by Crippen LogP contribution is 2.41. The van der Waals surface area contributed by atoms with Gasteiger partial charge in [-0.15, -0.1) is 0 Å². The molecule has 0 aliphatic heterocycles. The fourth-order valence-electron chi connectivity index (χ4n) is 6.55. The molecule has 0 fully saturated rings. The first-order chi connectivity index (χ1) is 26.4. The van der Waals surface area contributed by atoms with Crippen LogP contribution >= 0.6 is 0 Å². The van der Waals surface area contributed by atoms with Gasteiger partial charge in [-0.05, 0) is 98.4 Å². The number of carbonyl (C=O) groups is 2. The first-order valence-corrected chi connectivity index (χ1v) is 20.7. The Kier molecular flexibility index (Phi) is 11.2. The van der Waals surface area contributed by atoms with Crippen LogP contribution in [0.15, 0.2) is 119 Å². The summed E-state index contributed by atoms with van der Waals surface area (Å²) in [5.74, 6) is -7.31. The average molecular weight is 807 g/mol. The van der Waals surface area contributed by atoms with Gasteiger partial charge in [0.05, 0.1) is 28.4 Å². The minimum absolute atomic E-state index is 0.0432. The Morgan fingerprint density at radius 1 is 0.679 bits per heavy atom. The lowest BCUT2D eigenvalue weighted by Gasteiger charge is -2.21. The molecule has 0 saturated heterocycles. The smallest absolute Gasteiger partial charge is 0.317 e. The molecule has 1 atom stereocenters. The molecule has 0 aliphatic rings. The van der Waals surface area contributed by atoms with E-state index in [0.29, 0.717) is 27.5 Å². The second kappa shape index (κ2) is 15.6. The summed E-state index contributed by atoms with van der Waals surface area (Å²) in [6.45, 7) is 1.43. The minimum atomic E-state index is -3.76. The van der Waals surface area contributed by atoms with Crippen molar-refractivity contribution in [3.63, 3.8) is 0 Å². The third kappa shape index (κ3) is 8.52. The summed E-state index contributed by atoms with van der Waals surface area (Å²) in [6.07, 6.45) is -0.763. The molecular weight excluding hydrogens is 773 g/mol. The van der Waals surface area contributed by atoms with Crippen LogP contribution in [0.25, 0.3) is 21.5 Å². The zero-order valence-electron chi connectivity index (χ0n) is 30.2. The highest BCUT2D eigenvalue weighted by Gasteiger charge is 2.36. The van der Waals surface area contributed by atoms with Crippen LogP contribution in [-0.2, 0) is 57.5 Å². The number of rotatable bonds is 12. The summed E-state index contributed by atoms with van der Waals surface area (Å²) in [6, 6.07) is 23.0. The van der Waals surface area contributed by atoms with E-state index in [1.807, 2.05) is 0 Å². The number of methoxy groups -OCH3 is 1. The Balaban J connectivity index is 1.26. The van der Waals surface area contributed by atoms with E-state index in [1.165, 1.54) is 56.5 Å². The molecule has 6 rings (SSSR count). The molecule has 56 heavy (non-hydrogen) atoms. The standard InChI is InChI=1S/C42H34F4O8S2/c1-4-56(51,52)34-15-9-30(10-16-34)42(45,46)38-20-26(18-29-6-12-32(44)24-36(29)38)22-40(48)54-39(47)21-25-17-28-5-11-31(43)23-35(28)37(19-25)41(53-2)27-7-13-33(14-8-27)55(3,49)50/h5-20,23-24,41H,4,21-22H2,1-3H3. The molecule has 0 N–H and O–H groups in total. The molecular formula is C42H34F4O8S2. The number of sulfone groups is 2. The Hall–Kier alpha value is -5.44. The third-order valence-corrected chi connectivity index (χ3v) is 12.2. The number of hydrogen-bond acceptors (Lipinski definition) is 8. The van der Waals surface area contributed by atoms with Crippen LogP contribution in [-0.4, -0.2) is 47.9 Å². The monoisotopic (exact) mass is 806 g/mol. The zero-order chi connectivity index (χ0) is 40.6. The van der Waals surface area contributed by atoms with E-state index in [4.69, 9.17) is 9.47 Å². The molecule has 1 unspecified atom stereocenters. The van der Waals surface area contributed by atoms with E-state index in [1.54, 1.807) is 24.3 Å². The van der Waals surface area contributed by atoms with Crippen molar-refractivity contribution in [2.75, 3.05) is 19.1 Å². The van der Waals surface area contributed by atoms with Gasteiger partial charge < -0.3 is 9.47 Å². The molecule has 6 aromatic rings. The maximum Gasteiger partial charge on any atom is 0.317 e. The maximum atomic E-state index is 16.2. The van der Waals surface area contributed by atoms with Gasteiger partial charge in [0.25, 0.3) is 5.92 Å². The Labute approximate surface area is 320 Å². The van der Waals surface area contributed by atoms with Crippen molar-refractivity contribution in [1.82, 2.24) is 0 Å². The van der Waals surface area contributed by atoms with Gasteiger partial charge in [0, 0.05) is 24.5 Å². The highest BCUT2D eigenvalue weighted by molar-refractivity contribution is 7.91. The van der Waals surface area contributed by atoms with Crippen LogP contribution in [0.4, 0.5) is 17.6 Å². The molecule has 0 bridgehead atoms. The van der Waals surface area contributed by atoms with Crippen molar-refractivity contribution in [2.45, 2.75) is 41.6 Å². The van der Waals surface area contributed by atoms with E-state index in [-0.39, 0.29) is 31.9 Å². The molecule has 0 aromatic heterocycles. The maximum absolute atomic E-state index is 16.2. The number of esters is 2. The second-order valence-corrected chi connectivity index (χ2v) is 17.5. The first-order valence-electron chi connectivity index (χ1n) is 17.1. The van der Waals surface area contributed by atoms with E-state index in [9.17, 15) is 35.2 Å². The molecule has 0 saturated carbocycles. The zero-order valence-corrected chi connectivity index (χ0v) is 31.8. The van der Waals surface area contributed by atoms with Gasteiger partial charge in [-0.3, -0.25) is 9.59 Å². The Morgan fingerprint density at radius 3 is 1.73 bits per heavy atom. The van der Waals surface area contributed by atoms with Crippen LogP contribution in [0.1, 0.15) is 46.4 Å². The quantitative estimate of drug-likeness (QED) is 0.0690. The van der Waals surface area contributed by atoms with Gasteiger partial charge in [0.15, 0.2) is 19.7 Å². The summed E-state index contributed by atoms with van der Waals surface area (Å²) in [5, 5.41) is 1.04. The summed E-state index contributed by atoms with van der Waals surface area (Å²) in [5.41, 5.74) is 0.208. The molecule has 0 spiro atoms. The Morgan fingerprint density at radius 2 is 1.20 bits per heavy atom. The van der Waals surface area contributed by atoms with Gasteiger partial charge in [0.1, 0.15) is 17.7 Å². The largest absolute Gasteiger partial charge is 0.393 e. The van der Waals surface area contributed by atoms with E-state index in [0.717, 1.165) is 48.7 Å². The van der Waals surface area contributed by atoms with Crippen LogP contribution in [0.5, 0.6) is 0 Å². The number of benzene rings is 6. The average Bonchev–Trinajstić information content (AvgIpc) is 3.15. The lowest BCUT2D eigenvalue weighted by Crippen LogP contribution is -2.19. The van der Waals surface area contributed by atoms with Crippen molar-refractivity contribution in [2.24, 2.45) is 0 Å². The van der Waals surface area contributed by atoms with Crippen LogP contribution < -0.4 is 0 Å². The summed E-state index contributed by atoms with van der Waals surface area (Å²) in [7, 11) is -5.72. The number of hydrogen-bond donors (Lipinski definition) is 0. The lowest BCUT2D eigenvalue weighted by molar-refractivity contribution is -0.158. The molecule has 6 aromatic carbocycles. The number of fused-ring (bicyclic) bond motifs is 2. The summed E-state index contributed by atoms with van der Waals surface area (Å²) in [4.78, 5) is 26.2. The second-order valence-electron chi connectivity index (χ2n) is 13.2. The predicted molar refractivity (Wildman–Crippen MR) is 202 cm³/mol. The molecule has 14 heteroatoms. The van der Waals surface area contributed by atoms with Crippen molar-refractivity contribution < 1.29 is 53.5 Å². The minimum Gasteiger partial charge on any atom is -0.393 e. The van der Waals surface area contributed by atoms with Crippen LogP contribution in [0, 0.1) is 11.6 Å². The number of alkyl halides is 2. The van der Waals surface area contributed by atoms with Gasteiger partial charge >= 0.3 is 11.9 Å². The van der Waals surface area contributed by atoms with E-state index >= 15 is 8.78 Å². The molecule has 0 radical (unpaired) electrons. The number of halogens is 4. The fourth-order valence-corrected chi connectivity index (χ4v) is 8.07. The summed E-state index contributed by atoms with van der Waals surface area (Å²) < 4.78 is 120. The fraction of sp³-hybridized carbons (Fsp3) is 0.190. The predicted octanol–water partition coefficient (Wildman–Crippen LogP) is 8.20. The van der Waals surface area contributed by atoms with Gasteiger partial charge in [0.2, 0.25) is 0 Å². The summed E-state index contributed by atoms with van der Waals surface area (Å²) >= 11 is 0. The van der Waals surface area contributed by atoms with Crippen molar-refractivity contribution in [3.05, 3.63) is 154 Å². The molecule has 0 heterocycles. The van der Waals surface area contributed by atoms with E-state index < -0.39 is 79.2 Å². The highest BCUT2D eigenvalue weighted by atomic mass is 32.2. The van der Waals surface area contributed by atoms with E-state index in [2.05, 4.69) is 0 Å². The van der Waals surface area contributed by atoms with Crippen molar-refractivity contribution in [3.8, 4) is 0 Å².